The molecule has 0 spiro atoms. The summed E-state index contributed by atoms with van der Waals surface area (Å²) in [6, 6.07) is 12.3. The standard InChI is InChI=1S/C22H28N4O/c1-14-8-7-9-21(25(6)23)20(14)13-27-22-11-10-19(12-15(22)2)26-18(5)16(3)17(4)24-26/h7-12H,13,23H2,1-6H3. The van der Waals surface area contributed by atoms with Gasteiger partial charge in [0.25, 0.3) is 0 Å². The molecule has 3 aromatic rings. The molecular weight excluding hydrogens is 336 g/mol. The lowest BCUT2D eigenvalue weighted by atomic mass is 10.1. The maximum Gasteiger partial charge on any atom is 0.122 e. The highest BCUT2D eigenvalue weighted by Gasteiger charge is 2.12. The van der Waals surface area contributed by atoms with E-state index in [1.807, 2.05) is 36.9 Å². The van der Waals surface area contributed by atoms with Crippen molar-refractivity contribution in [1.82, 2.24) is 9.78 Å². The molecule has 0 unspecified atom stereocenters. The lowest BCUT2D eigenvalue weighted by molar-refractivity contribution is 0.303. The first kappa shape index (κ1) is 19.0. The number of rotatable bonds is 5. The van der Waals surface area contributed by atoms with Crippen molar-refractivity contribution in [2.24, 2.45) is 5.84 Å². The number of anilines is 1. The molecule has 1 heterocycles. The second-order valence-corrected chi connectivity index (χ2v) is 7.13. The third-order valence-electron chi connectivity index (χ3n) is 5.19. The SMILES string of the molecule is Cc1cc(-n2nc(C)c(C)c2C)ccc1OCc1c(C)cccc1N(C)N. The Morgan fingerprint density at radius 2 is 1.78 bits per heavy atom. The van der Waals surface area contributed by atoms with Crippen molar-refractivity contribution < 1.29 is 4.74 Å². The van der Waals surface area contributed by atoms with Gasteiger partial charge in [0.1, 0.15) is 12.4 Å². The Morgan fingerprint density at radius 1 is 1.04 bits per heavy atom. The van der Waals surface area contributed by atoms with Crippen molar-refractivity contribution in [3.63, 3.8) is 0 Å². The number of ether oxygens (including phenoxy) is 1. The molecule has 1 aromatic heterocycles. The number of aryl methyl sites for hydroxylation is 3. The van der Waals surface area contributed by atoms with E-state index in [1.54, 1.807) is 5.01 Å². The summed E-state index contributed by atoms with van der Waals surface area (Å²) in [4.78, 5) is 0. The first-order chi connectivity index (χ1) is 12.8. The summed E-state index contributed by atoms with van der Waals surface area (Å²) < 4.78 is 8.12. The van der Waals surface area contributed by atoms with E-state index in [-0.39, 0.29) is 0 Å². The van der Waals surface area contributed by atoms with Crippen LogP contribution < -0.4 is 15.6 Å². The van der Waals surface area contributed by atoms with Crippen LogP contribution in [0.4, 0.5) is 5.69 Å². The summed E-state index contributed by atoms with van der Waals surface area (Å²) in [6.45, 7) is 10.9. The molecule has 0 fully saturated rings. The predicted molar refractivity (Wildman–Crippen MR) is 111 cm³/mol. The van der Waals surface area contributed by atoms with Gasteiger partial charge < -0.3 is 9.75 Å². The van der Waals surface area contributed by atoms with Crippen LogP contribution in [0.15, 0.2) is 36.4 Å². The number of benzene rings is 2. The summed E-state index contributed by atoms with van der Waals surface area (Å²) in [6.07, 6.45) is 0. The van der Waals surface area contributed by atoms with E-state index in [0.29, 0.717) is 6.61 Å². The Balaban J connectivity index is 1.85. The summed E-state index contributed by atoms with van der Waals surface area (Å²) in [5.74, 6) is 6.83. The monoisotopic (exact) mass is 364 g/mol. The van der Waals surface area contributed by atoms with Crippen LogP contribution in [-0.2, 0) is 6.61 Å². The van der Waals surface area contributed by atoms with Crippen molar-refractivity contribution in [2.45, 2.75) is 41.2 Å². The van der Waals surface area contributed by atoms with Gasteiger partial charge in [-0.3, -0.25) is 0 Å². The minimum absolute atomic E-state index is 0.475. The predicted octanol–water partition coefficient (Wildman–Crippen LogP) is 4.30. The molecular formula is C22H28N4O. The van der Waals surface area contributed by atoms with Crippen LogP contribution in [0.5, 0.6) is 5.75 Å². The molecule has 0 saturated carbocycles. The molecule has 5 nitrogen and oxygen atoms in total. The highest BCUT2D eigenvalue weighted by molar-refractivity contribution is 5.55. The van der Waals surface area contributed by atoms with E-state index in [0.717, 1.165) is 45.2 Å². The van der Waals surface area contributed by atoms with Crippen LogP contribution in [0.3, 0.4) is 0 Å². The summed E-state index contributed by atoms with van der Waals surface area (Å²) >= 11 is 0. The Kier molecular flexibility index (Phi) is 5.24. The van der Waals surface area contributed by atoms with Gasteiger partial charge in [-0.2, -0.15) is 5.10 Å². The Morgan fingerprint density at radius 3 is 2.37 bits per heavy atom. The minimum atomic E-state index is 0.475. The van der Waals surface area contributed by atoms with Crippen molar-refractivity contribution in [3.05, 3.63) is 70.0 Å². The zero-order valence-electron chi connectivity index (χ0n) is 17.0. The number of nitrogens with two attached hydrogens (primary N) is 1. The zero-order chi connectivity index (χ0) is 19.7. The van der Waals surface area contributed by atoms with Crippen molar-refractivity contribution >= 4 is 5.69 Å². The summed E-state index contributed by atoms with van der Waals surface area (Å²) in [5.41, 5.74) is 8.81. The van der Waals surface area contributed by atoms with E-state index >= 15 is 0 Å². The second kappa shape index (κ2) is 7.45. The quantitative estimate of drug-likeness (QED) is 0.542. The molecule has 3 rings (SSSR count). The maximum absolute atomic E-state index is 6.13. The summed E-state index contributed by atoms with van der Waals surface area (Å²) in [5, 5.41) is 6.28. The highest BCUT2D eigenvalue weighted by Crippen LogP contribution is 2.27. The molecule has 2 aromatic carbocycles. The van der Waals surface area contributed by atoms with E-state index in [1.165, 1.54) is 5.56 Å². The fraction of sp³-hybridized carbons (Fsp3) is 0.318. The smallest absolute Gasteiger partial charge is 0.122 e. The molecule has 27 heavy (non-hydrogen) atoms. The fourth-order valence-electron chi connectivity index (χ4n) is 3.25. The average molecular weight is 364 g/mol. The van der Waals surface area contributed by atoms with Gasteiger partial charge in [0, 0.05) is 18.3 Å². The molecule has 0 bridgehead atoms. The molecule has 0 aliphatic heterocycles. The van der Waals surface area contributed by atoms with Crippen LogP contribution in [0.25, 0.3) is 5.69 Å². The molecule has 0 saturated heterocycles. The van der Waals surface area contributed by atoms with Crippen LogP contribution in [0, 0.1) is 34.6 Å². The van der Waals surface area contributed by atoms with E-state index in [9.17, 15) is 0 Å². The number of hydrazine groups is 1. The molecule has 0 amide bonds. The van der Waals surface area contributed by atoms with Crippen molar-refractivity contribution in [1.29, 1.82) is 0 Å². The van der Waals surface area contributed by atoms with Gasteiger partial charge >= 0.3 is 0 Å². The first-order valence-electron chi connectivity index (χ1n) is 9.13. The normalized spacial score (nSPS) is 10.9. The maximum atomic E-state index is 6.13. The van der Waals surface area contributed by atoms with Crippen LogP contribution in [0.1, 0.15) is 33.6 Å². The lowest BCUT2D eigenvalue weighted by Gasteiger charge is -2.20. The van der Waals surface area contributed by atoms with Gasteiger partial charge in [-0.05, 0) is 75.6 Å². The average Bonchev–Trinajstić information content (AvgIpc) is 2.88. The van der Waals surface area contributed by atoms with E-state index in [2.05, 4.69) is 51.0 Å². The minimum Gasteiger partial charge on any atom is -0.489 e. The van der Waals surface area contributed by atoms with Gasteiger partial charge in [-0.25, -0.2) is 10.5 Å². The van der Waals surface area contributed by atoms with Gasteiger partial charge in [0.2, 0.25) is 0 Å². The molecule has 142 valence electrons. The highest BCUT2D eigenvalue weighted by atomic mass is 16.5. The number of aromatic nitrogens is 2. The van der Waals surface area contributed by atoms with Crippen LogP contribution >= 0.6 is 0 Å². The second-order valence-electron chi connectivity index (χ2n) is 7.13. The third kappa shape index (κ3) is 3.69. The lowest BCUT2D eigenvalue weighted by Crippen LogP contribution is -2.26. The van der Waals surface area contributed by atoms with E-state index < -0.39 is 0 Å². The number of hydrogen-bond donors (Lipinski definition) is 1. The van der Waals surface area contributed by atoms with E-state index in [4.69, 9.17) is 10.6 Å². The third-order valence-corrected chi connectivity index (χ3v) is 5.19. The molecule has 0 radical (unpaired) electrons. The van der Waals surface area contributed by atoms with Crippen LogP contribution in [-0.4, -0.2) is 16.8 Å². The van der Waals surface area contributed by atoms with Gasteiger partial charge in [-0.15, -0.1) is 0 Å². The zero-order valence-corrected chi connectivity index (χ0v) is 17.0. The Bertz CT molecular complexity index is 973. The molecule has 0 atom stereocenters. The Labute approximate surface area is 161 Å². The molecule has 5 heteroatoms. The number of hydrogen-bond acceptors (Lipinski definition) is 4. The van der Waals surface area contributed by atoms with Crippen LogP contribution in [0.2, 0.25) is 0 Å². The van der Waals surface area contributed by atoms with Gasteiger partial charge in [-0.1, -0.05) is 12.1 Å². The summed E-state index contributed by atoms with van der Waals surface area (Å²) in [7, 11) is 1.84. The molecule has 0 aliphatic rings. The molecule has 2 N–H and O–H groups in total. The van der Waals surface area contributed by atoms with Gasteiger partial charge in [0.15, 0.2) is 0 Å². The number of nitrogens with zero attached hydrogens (tertiary/aromatic N) is 3. The first-order valence-corrected chi connectivity index (χ1v) is 9.13. The largest absolute Gasteiger partial charge is 0.489 e. The van der Waals surface area contributed by atoms with Crippen molar-refractivity contribution in [3.8, 4) is 11.4 Å². The fourth-order valence-corrected chi connectivity index (χ4v) is 3.25. The van der Waals surface area contributed by atoms with Gasteiger partial charge in [0.05, 0.1) is 17.1 Å². The topological polar surface area (TPSA) is 56.3 Å². The van der Waals surface area contributed by atoms with Crippen molar-refractivity contribution in [2.75, 3.05) is 12.1 Å². The Hall–Kier alpha value is -2.79. The molecule has 0 aliphatic carbocycles.